The second-order valence-corrected chi connectivity index (χ2v) is 9.73. The summed E-state index contributed by atoms with van der Waals surface area (Å²) >= 11 is 12.6. The second kappa shape index (κ2) is 10.1. The highest BCUT2D eigenvalue weighted by molar-refractivity contribution is 6.34. The summed E-state index contributed by atoms with van der Waals surface area (Å²) in [6, 6.07) is 18.2. The van der Waals surface area contributed by atoms with Crippen molar-refractivity contribution >= 4 is 40.8 Å². The Bertz CT molecular complexity index is 1240. The monoisotopic (exact) mass is 498 g/mol. The van der Waals surface area contributed by atoms with Crippen LogP contribution in [0.3, 0.4) is 0 Å². The van der Waals surface area contributed by atoms with E-state index < -0.39 is 17.9 Å². The van der Waals surface area contributed by atoms with Crippen molar-refractivity contribution in [3.05, 3.63) is 87.4 Å². The van der Waals surface area contributed by atoms with E-state index in [0.717, 1.165) is 37.9 Å². The lowest BCUT2D eigenvalue weighted by molar-refractivity contribution is -0.141. The number of likely N-dealkylation sites (N-methyl/N-ethyl adjacent to an activating group) is 1. The maximum Gasteiger partial charge on any atom is 0.326 e. The summed E-state index contributed by atoms with van der Waals surface area (Å²) < 4.78 is 0. The number of hydrogen-bond acceptors (Lipinski definition) is 3. The van der Waals surface area contributed by atoms with E-state index >= 15 is 0 Å². The van der Waals surface area contributed by atoms with Gasteiger partial charge in [-0.3, -0.25) is 4.79 Å². The summed E-state index contributed by atoms with van der Waals surface area (Å²) in [5.41, 5.74) is 4.77. The fraction of sp³-hybridized carbons (Fsp3) is 0.259. The van der Waals surface area contributed by atoms with Crippen molar-refractivity contribution in [3.8, 4) is 11.1 Å². The van der Waals surface area contributed by atoms with Crippen LogP contribution in [0.4, 0.5) is 5.69 Å². The van der Waals surface area contributed by atoms with Gasteiger partial charge in [-0.1, -0.05) is 53.5 Å². The van der Waals surface area contributed by atoms with E-state index in [-0.39, 0.29) is 16.1 Å². The Morgan fingerprint density at radius 2 is 1.65 bits per heavy atom. The molecule has 1 atom stereocenters. The third-order valence-corrected chi connectivity index (χ3v) is 6.73. The Labute approximate surface area is 210 Å². The van der Waals surface area contributed by atoms with E-state index in [2.05, 4.69) is 25.2 Å². The van der Waals surface area contributed by atoms with Crippen molar-refractivity contribution in [2.75, 3.05) is 12.4 Å². The van der Waals surface area contributed by atoms with Crippen molar-refractivity contribution < 1.29 is 14.7 Å². The zero-order valence-electron chi connectivity index (χ0n) is 19.8. The van der Waals surface area contributed by atoms with Crippen LogP contribution < -0.4 is 5.32 Å². The van der Waals surface area contributed by atoms with E-state index in [0.29, 0.717) is 0 Å². The highest BCUT2D eigenvalue weighted by atomic mass is 35.5. The quantitative estimate of drug-likeness (QED) is 0.373. The molecule has 5 nitrogen and oxygen atoms in total. The Balaban J connectivity index is 1.85. The normalized spacial score (nSPS) is 12.2. The molecule has 0 heterocycles. The molecule has 3 rings (SSSR count). The van der Waals surface area contributed by atoms with Gasteiger partial charge in [-0.25, -0.2) is 4.79 Å². The topological polar surface area (TPSA) is 69.6 Å². The zero-order chi connectivity index (χ0) is 25.2. The van der Waals surface area contributed by atoms with Crippen LogP contribution in [0.15, 0.2) is 60.7 Å². The molecule has 34 heavy (non-hydrogen) atoms. The van der Waals surface area contributed by atoms with Gasteiger partial charge in [-0.05, 0) is 80.3 Å². The Kier molecular flexibility index (Phi) is 7.59. The number of anilines is 1. The molecule has 1 unspecified atom stereocenters. The average Bonchev–Trinajstić information content (AvgIpc) is 2.79. The molecule has 0 aromatic heterocycles. The number of carbonyl (C=O) groups excluding carboxylic acids is 1. The number of halogens is 2. The number of nitrogens with zero attached hydrogens (tertiary/aromatic N) is 1. The first-order valence-corrected chi connectivity index (χ1v) is 11.6. The number of nitrogens with one attached hydrogen (secondary N) is 1. The van der Waals surface area contributed by atoms with Gasteiger partial charge in [-0.2, -0.15) is 0 Å². The molecule has 1 amide bonds. The van der Waals surface area contributed by atoms with Crippen LogP contribution in [-0.4, -0.2) is 35.0 Å². The summed E-state index contributed by atoms with van der Waals surface area (Å²) in [5.74, 6) is -1.52. The molecule has 0 saturated carbocycles. The van der Waals surface area contributed by atoms with Crippen molar-refractivity contribution in [1.82, 2.24) is 4.90 Å². The summed E-state index contributed by atoms with van der Waals surface area (Å²) in [6.07, 6.45) is 0. The number of carbonyl (C=O) groups is 2. The fourth-order valence-electron chi connectivity index (χ4n) is 3.64. The number of carboxylic acid groups (broad SMARTS) is 1. The SMILES string of the molecule is Cc1cc(C(C)(C)Nc2cccc(-c3ccc(C(=O)N(C)C(C)C(=O)O)c(Cl)c3)c2)ccc1Cl. The molecular weight excluding hydrogens is 471 g/mol. The van der Waals surface area contributed by atoms with Crippen LogP contribution in [0.25, 0.3) is 11.1 Å². The van der Waals surface area contributed by atoms with E-state index in [1.165, 1.54) is 14.0 Å². The predicted octanol–water partition coefficient (Wildman–Crippen LogP) is 6.86. The van der Waals surface area contributed by atoms with Crippen LogP contribution in [0, 0.1) is 6.92 Å². The van der Waals surface area contributed by atoms with Crippen molar-refractivity contribution in [2.45, 2.75) is 39.3 Å². The molecule has 0 aliphatic heterocycles. The molecule has 0 aliphatic carbocycles. The van der Waals surface area contributed by atoms with Crippen LogP contribution in [0.5, 0.6) is 0 Å². The maximum absolute atomic E-state index is 12.7. The van der Waals surface area contributed by atoms with E-state index in [1.54, 1.807) is 12.1 Å². The Morgan fingerprint density at radius 1 is 0.971 bits per heavy atom. The molecular formula is C27H28Cl2N2O3. The minimum atomic E-state index is -1.08. The number of aryl methyl sites for hydroxylation is 1. The number of aliphatic carboxylic acids is 1. The summed E-state index contributed by atoms with van der Waals surface area (Å²) in [6.45, 7) is 7.65. The highest BCUT2D eigenvalue weighted by Crippen LogP contribution is 2.32. The molecule has 0 bridgehead atoms. The van der Waals surface area contributed by atoms with Crippen LogP contribution in [0.1, 0.15) is 42.3 Å². The van der Waals surface area contributed by atoms with E-state index in [9.17, 15) is 14.7 Å². The minimum absolute atomic E-state index is 0.259. The molecule has 2 N–H and O–H groups in total. The zero-order valence-corrected chi connectivity index (χ0v) is 21.3. The van der Waals surface area contributed by atoms with E-state index in [4.69, 9.17) is 23.2 Å². The summed E-state index contributed by atoms with van der Waals surface area (Å²) in [5, 5.41) is 13.8. The molecule has 0 aliphatic rings. The van der Waals surface area contributed by atoms with Gasteiger partial charge in [0.05, 0.1) is 16.1 Å². The lowest BCUT2D eigenvalue weighted by Gasteiger charge is -2.29. The van der Waals surface area contributed by atoms with Gasteiger partial charge < -0.3 is 15.3 Å². The number of carboxylic acids is 1. The summed E-state index contributed by atoms with van der Waals surface area (Å²) in [4.78, 5) is 25.1. The molecule has 0 fully saturated rings. The fourth-order valence-corrected chi connectivity index (χ4v) is 4.02. The van der Waals surface area contributed by atoms with Crippen molar-refractivity contribution in [3.63, 3.8) is 0 Å². The van der Waals surface area contributed by atoms with Gasteiger partial charge in [0.1, 0.15) is 6.04 Å². The molecule has 7 heteroatoms. The van der Waals surface area contributed by atoms with Crippen molar-refractivity contribution in [1.29, 1.82) is 0 Å². The minimum Gasteiger partial charge on any atom is -0.480 e. The molecule has 0 saturated heterocycles. The molecule has 3 aromatic rings. The van der Waals surface area contributed by atoms with Crippen LogP contribution in [-0.2, 0) is 10.3 Å². The number of hydrogen-bond donors (Lipinski definition) is 2. The van der Waals surface area contributed by atoms with Crippen molar-refractivity contribution in [2.24, 2.45) is 0 Å². The molecule has 3 aromatic carbocycles. The predicted molar refractivity (Wildman–Crippen MR) is 139 cm³/mol. The average molecular weight is 499 g/mol. The van der Waals surface area contributed by atoms with E-state index in [1.807, 2.05) is 49.4 Å². The lowest BCUT2D eigenvalue weighted by Crippen LogP contribution is -2.40. The van der Waals surface area contributed by atoms with Gasteiger partial charge in [0.2, 0.25) is 0 Å². The second-order valence-electron chi connectivity index (χ2n) is 8.92. The van der Waals surface area contributed by atoms with Crippen LogP contribution >= 0.6 is 23.2 Å². The Morgan fingerprint density at radius 3 is 2.26 bits per heavy atom. The molecule has 178 valence electrons. The first kappa shape index (κ1) is 25.6. The van der Waals surface area contributed by atoms with Gasteiger partial charge in [0.25, 0.3) is 5.91 Å². The largest absolute Gasteiger partial charge is 0.480 e. The number of benzene rings is 3. The Hall–Kier alpha value is -3.02. The highest BCUT2D eigenvalue weighted by Gasteiger charge is 2.25. The van der Waals surface area contributed by atoms with Crippen LogP contribution in [0.2, 0.25) is 10.0 Å². The number of amides is 1. The van der Waals surface area contributed by atoms with Gasteiger partial charge in [0, 0.05) is 17.8 Å². The molecule has 0 radical (unpaired) electrons. The van der Waals surface area contributed by atoms with Gasteiger partial charge in [-0.15, -0.1) is 0 Å². The van der Waals surface area contributed by atoms with Gasteiger partial charge in [0.15, 0.2) is 0 Å². The third-order valence-electron chi connectivity index (χ3n) is 5.99. The number of rotatable bonds is 7. The maximum atomic E-state index is 12.7. The summed E-state index contributed by atoms with van der Waals surface area (Å²) in [7, 11) is 1.45. The third kappa shape index (κ3) is 5.54. The van der Waals surface area contributed by atoms with Gasteiger partial charge >= 0.3 is 5.97 Å². The lowest BCUT2D eigenvalue weighted by atomic mass is 9.92. The first-order valence-electron chi connectivity index (χ1n) is 10.9. The smallest absolute Gasteiger partial charge is 0.326 e. The molecule has 0 spiro atoms. The first-order chi connectivity index (χ1) is 15.9. The standard InChI is InChI=1S/C27H28Cl2N2O3/c1-16-13-20(10-12-23(16)28)27(3,4)30-21-8-6-7-18(14-21)19-9-11-22(24(29)15-19)25(32)31(5)17(2)26(33)34/h6-15,17,30H,1-5H3,(H,33,34).